The smallest absolute Gasteiger partial charge is 0.264 e. The third kappa shape index (κ3) is 5.81. The number of ether oxygens (including phenoxy) is 3. The first-order valence-electron chi connectivity index (χ1n) is 10.6. The molecule has 1 saturated heterocycles. The molecular weight excluding hydrogens is 503 g/mol. The van der Waals surface area contributed by atoms with Crippen LogP contribution in [0.1, 0.15) is 6.42 Å². The van der Waals surface area contributed by atoms with Crippen molar-refractivity contribution < 1.29 is 22.6 Å². The maximum Gasteiger partial charge on any atom is 0.264 e. The molecule has 1 fully saturated rings. The minimum atomic E-state index is -4.03. The molecule has 34 heavy (non-hydrogen) atoms. The van der Waals surface area contributed by atoms with E-state index in [2.05, 4.69) is 19.6 Å². The summed E-state index contributed by atoms with van der Waals surface area (Å²) in [5.41, 5.74) is 0.499. The highest BCUT2D eigenvalue weighted by Crippen LogP contribution is 2.35. The Morgan fingerprint density at radius 1 is 1.12 bits per heavy atom. The van der Waals surface area contributed by atoms with Gasteiger partial charge in [0.2, 0.25) is 0 Å². The molecule has 0 unspecified atom stereocenters. The van der Waals surface area contributed by atoms with Gasteiger partial charge in [0.25, 0.3) is 10.0 Å². The Balaban J connectivity index is 1.53. The lowest BCUT2D eigenvalue weighted by Gasteiger charge is -2.26. The Hall–Kier alpha value is -2.37. The number of hydrogen-bond acceptors (Lipinski definition) is 8. The van der Waals surface area contributed by atoms with Crippen LogP contribution in [0.25, 0.3) is 10.9 Å². The summed E-state index contributed by atoms with van der Waals surface area (Å²) in [4.78, 5) is 10.6. The van der Waals surface area contributed by atoms with Crippen molar-refractivity contribution >= 4 is 49.9 Å². The molecule has 1 aromatic heterocycles. The molecule has 0 radical (unpaired) electrons. The van der Waals surface area contributed by atoms with E-state index in [9.17, 15) is 8.42 Å². The molecule has 0 bridgehead atoms. The van der Waals surface area contributed by atoms with Gasteiger partial charge in [0.15, 0.2) is 17.3 Å². The number of sulfonamides is 1. The van der Waals surface area contributed by atoms with E-state index in [1.165, 1.54) is 31.6 Å². The van der Waals surface area contributed by atoms with E-state index in [1.54, 1.807) is 12.1 Å². The standard InChI is InChI=1S/C22H24Cl2N4O5S/c1-31-19-12-16-18(13-20(19)33-8-2-5-28-6-9-32-10-7-28)25-14-26-22(16)27-34(29,30)21-4-3-15(23)11-17(21)24/h3-4,11-14H,2,5-10H2,1H3,(H,25,26,27). The van der Waals surface area contributed by atoms with Crippen LogP contribution in [0.3, 0.4) is 0 Å². The number of anilines is 1. The molecular formula is C22H24Cl2N4O5S. The summed E-state index contributed by atoms with van der Waals surface area (Å²) in [6.45, 7) is 4.79. The molecule has 4 rings (SSSR count). The third-order valence-electron chi connectivity index (χ3n) is 5.32. The Kier molecular flexibility index (Phi) is 7.95. The SMILES string of the molecule is COc1cc2c(NS(=O)(=O)c3ccc(Cl)cc3Cl)ncnc2cc1OCCCN1CCOCC1. The minimum Gasteiger partial charge on any atom is -0.493 e. The maximum atomic E-state index is 12.9. The summed E-state index contributed by atoms with van der Waals surface area (Å²) in [6.07, 6.45) is 2.12. The van der Waals surface area contributed by atoms with Gasteiger partial charge in [0.05, 0.1) is 37.5 Å². The zero-order valence-corrected chi connectivity index (χ0v) is 20.8. The minimum absolute atomic E-state index is 0.00343. The van der Waals surface area contributed by atoms with E-state index in [4.69, 9.17) is 37.4 Å². The van der Waals surface area contributed by atoms with Crippen LogP contribution in [0.5, 0.6) is 11.5 Å². The van der Waals surface area contributed by atoms with Crippen LogP contribution in [0, 0.1) is 0 Å². The Morgan fingerprint density at radius 2 is 1.91 bits per heavy atom. The Labute approximate surface area is 208 Å². The fraction of sp³-hybridized carbons (Fsp3) is 0.364. The zero-order chi connectivity index (χ0) is 24.1. The molecule has 2 aromatic carbocycles. The molecule has 0 spiro atoms. The summed E-state index contributed by atoms with van der Waals surface area (Å²) in [6, 6.07) is 7.50. The highest BCUT2D eigenvalue weighted by molar-refractivity contribution is 7.92. The van der Waals surface area contributed by atoms with E-state index >= 15 is 0 Å². The van der Waals surface area contributed by atoms with Crippen molar-refractivity contribution in [3.63, 3.8) is 0 Å². The van der Waals surface area contributed by atoms with Crippen molar-refractivity contribution in [3.05, 3.63) is 46.7 Å². The highest BCUT2D eigenvalue weighted by atomic mass is 35.5. The monoisotopic (exact) mass is 526 g/mol. The molecule has 1 N–H and O–H groups in total. The predicted molar refractivity (Wildman–Crippen MR) is 131 cm³/mol. The largest absolute Gasteiger partial charge is 0.493 e. The van der Waals surface area contributed by atoms with Crippen LogP contribution in [0.4, 0.5) is 5.82 Å². The second kappa shape index (κ2) is 10.9. The highest BCUT2D eigenvalue weighted by Gasteiger charge is 2.21. The summed E-state index contributed by atoms with van der Waals surface area (Å²) in [5, 5.41) is 0.788. The fourth-order valence-corrected chi connectivity index (χ4v) is 5.39. The van der Waals surface area contributed by atoms with Crippen LogP contribution in [-0.4, -0.2) is 69.9 Å². The second-order valence-electron chi connectivity index (χ2n) is 7.58. The lowest BCUT2D eigenvalue weighted by molar-refractivity contribution is 0.0357. The van der Waals surface area contributed by atoms with Gasteiger partial charge in [-0.15, -0.1) is 0 Å². The number of methoxy groups -OCH3 is 1. The number of rotatable bonds is 9. The molecule has 0 aliphatic carbocycles. The number of aromatic nitrogens is 2. The second-order valence-corrected chi connectivity index (χ2v) is 10.1. The van der Waals surface area contributed by atoms with Crippen molar-refractivity contribution in [3.8, 4) is 11.5 Å². The molecule has 3 aromatic rings. The Bertz CT molecular complexity index is 1270. The molecule has 1 aliphatic rings. The van der Waals surface area contributed by atoms with Crippen molar-refractivity contribution in [1.29, 1.82) is 0 Å². The number of morpholine rings is 1. The lowest BCUT2D eigenvalue weighted by atomic mass is 10.2. The zero-order valence-electron chi connectivity index (χ0n) is 18.5. The van der Waals surface area contributed by atoms with Gasteiger partial charge in [-0.1, -0.05) is 23.2 Å². The van der Waals surface area contributed by atoms with E-state index in [-0.39, 0.29) is 15.7 Å². The number of nitrogens with one attached hydrogen (secondary N) is 1. The van der Waals surface area contributed by atoms with Crippen LogP contribution in [0.15, 0.2) is 41.6 Å². The van der Waals surface area contributed by atoms with Gasteiger partial charge in [0.1, 0.15) is 11.2 Å². The van der Waals surface area contributed by atoms with Crippen molar-refractivity contribution in [2.75, 3.05) is 51.3 Å². The third-order valence-corrected chi connectivity index (χ3v) is 7.37. The summed E-state index contributed by atoms with van der Waals surface area (Å²) in [7, 11) is -2.51. The number of halogens is 2. The van der Waals surface area contributed by atoms with Gasteiger partial charge >= 0.3 is 0 Å². The number of hydrogen-bond donors (Lipinski definition) is 1. The predicted octanol–water partition coefficient (Wildman–Crippen LogP) is 3.85. The Morgan fingerprint density at radius 3 is 2.65 bits per heavy atom. The summed E-state index contributed by atoms with van der Waals surface area (Å²) in [5.74, 6) is 1.05. The molecule has 9 nitrogen and oxygen atoms in total. The average molecular weight is 527 g/mol. The first-order valence-corrected chi connectivity index (χ1v) is 12.8. The van der Waals surface area contributed by atoms with Gasteiger partial charge < -0.3 is 14.2 Å². The van der Waals surface area contributed by atoms with Gasteiger partial charge in [-0.05, 0) is 30.7 Å². The summed E-state index contributed by atoms with van der Waals surface area (Å²) < 4.78 is 45.2. The first-order chi connectivity index (χ1) is 16.4. The molecule has 0 amide bonds. The molecule has 0 atom stereocenters. The number of fused-ring (bicyclic) bond motifs is 1. The maximum absolute atomic E-state index is 12.9. The van der Waals surface area contributed by atoms with Gasteiger partial charge in [0, 0.05) is 36.1 Å². The van der Waals surface area contributed by atoms with E-state index in [1.807, 2.05) is 0 Å². The van der Waals surface area contributed by atoms with Crippen LogP contribution in [0.2, 0.25) is 10.0 Å². The normalized spacial score (nSPS) is 14.8. The van der Waals surface area contributed by atoms with E-state index in [0.717, 1.165) is 39.3 Å². The van der Waals surface area contributed by atoms with Crippen molar-refractivity contribution in [2.45, 2.75) is 11.3 Å². The van der Waals surface area contributed by atoms with Crippen molar-refractivity contribution in [1.82, 2.24) is 14.9 Å². The first kappa shape index (κ1) is 24.7. The number of benzene rings is 2. The van der Waals surface area contributed by atoms with E-state index in [0.29, 0.717) is 34.0 Å². The van der Waals surface area contributed by atoms with E-state index < -0.39 is 10.0 Å². The van der Waals surface area contributed by atoms with Gasteiger partial charge in [-0.25, -0.2) is 18.4 Å². The van der Waals surface area contributed by atoms with Gasteiger partial charge in [-0.3, -0.25) is 9.62 Å². The van der Waals surface area contributed by atoms with Crippen LogP contribution < -0.4 is 14.2 Å². The molecule has 12 heteroatoms. The average Bonchev–Trinajstić information content (AvgIpc) is 2.81. The lowest BCUT2D eigenvalue weighted by Crippen LogP contribution is -2.37. The molecule has 1 aliphatic heterocycles. The summed E-state index contributed by atoms with van der Waals surface area (Å²) >= 11 is 12.0. The molecule has 2 heterocycles. The van der Waals surface area contributed by atoms with Crippen LogP contribution >= 0.6 is 23.2 Å². The quantitative estimate of drug-likeness (QED) is 0.419. The fourth-order valence-electron chi connectivity index (χ4n) is 3.59. The van der Waals surface area contributed by atoms with Gasteiger partial charge in [-0.2, -0.15) is 0 Å². The topological polar surface area (TPSA) is 103 Å². The molecule has 182 valence electrons. The number of nitrogens with zero attached hydrogens (tertiary/aromatic N) is 3. The molecule has 0 saturated carbocycles. The van der Waals surface area contributed by atoms with Crippen LogP contribution in [-0.2, 0) is 14.8 Å². The van der Waals surface area contributed by atoms with Crippen molar-refractivity contribution in [2.24, 2.45) is 0 Å².